The van der Waals surface area contributed by atoms with E-state index in [1.54, 1.807) is 11.3 Å². The first-order valence-electron chi connectivity index (χ1n) is 14.9. The standard InChI is InChI=1S/C40H28N4S/c1-3-4-19-29-26(2)44(33-23-12-11-20-30(29)33)34-24-14-25-35-36(34)31-21-13-22-32(37(31)45-35)40-42-38(27-15-7-5-8-16-27)41-39(43-40)28-17-9-6-10-18-28/h3-25H,1H2,2H3/b19-4-. The molecular formula is C40H28N4S. The van der Waals surface area contributed by atoms with Crippen LogP contribution in [0.15, 0.2) is 140 Å². The Kier molecular flexibility index (Phi) is 6.66. The fourth-order valence-corrected chi connectivity index (χ4v) is 7.43. The van der Waals surface area contributed by atoms with E-state index in [2.05, 4.69) is 84.8 Å². The van der Waals surface area contributed by atoms with Gasteiger partial charge >= 0.3 is 0 Å². The van der Waals surface area contributed by atoms with Crippen LogP contribution < -0.4 is 0 Å². The number of benzene rings is 5. The van der Waals surface area contributed by atoms with Crippen molar-refractivity contribution in [1.82, 2.24) is 19.5 Å². The number of fused-ring (bicyclic) bond motifs is 4. The van der Waals surface area contributed by atoms with Crippen LogP contribution in [0, 0.1) is 6.92 Å². The molecule has 5 heteroatoms. The Morgan fingerprint density at radius 2 is 1.27 bits per heavy atom. The normalized spacial score (nSPS) is 11.7. The predicted octanol–water partition coefficient (Wildman–Crippen LogP) is 10.7. The van der Waals surface area contributed by atoms with Crippen LogP contribution in [0.2, 0.25) is 0 Å². The second-order valence-corrected chi connectivity index (χ2v) is 12.0. The number of thiophene rings is 1. The van der Waals surface area contributed by atoms with Crippen LogP contribution in [0.4, 0.5) is 0 Å². The summed E-state index contributed by atoms with van der Waals surface area (Å²) in [6, 6.07) is 41.9. The van der Waals surface area contributed by atoms with Gasteiger partial charge in [-0.05, 0) is 31.2 Å². The van der Waals surface area contributed by atoms with Crippen LogP contribution >= 0.6 is 11.3 Å². The Hall–Kier alpha value is -5.65. The molecule has 0 aliphatic carbocycles. The van der Waals surface area contributed by atoms with E-state index in [0.29, 0.717) is 17.5 Å². The van der Waals surface area contributed by atoms with Gasteiger partial charge in [0.05, 0.1) is 11.2 Å². The van der Waals surface area contributed by atoms with Gasteiger partial charge in [-0.1, -0.05) is 122 Å². The van der Waals surface area contributed by atoms with Gasteiger partial charge < -0.3 is 4.57 Å². The molecule has 0 spiro atoms. The summed E-state index contributed by atoms with van der Waals surface area (Å²) < 4.78 is 4.77. The highest BCUT2D eigenvalue weighted by Gasteiger charge is 2.20. The lowest BCUT2D eigenvalue weighted by Crippen LogP contribution is -2.00. The molecule has 0 fully saturated rings. The van der Waals surface area contributed by atoms with Crippen molar-refractivity contribution >= 4 is 48.5 Å². The summed E-state index contributed by atoms with van der Waals surface area (Å²) in [6.07, 6.45) is 5.99. The molecule has 3 heterocycles. The minimum Gasteiger partial charge on any atom is -0.313 e. The van der Waals surface area contributed by atoms with Gasteiger partial charge in [-0.15, -0.1) is 11.3 Å². The van der Waals surface area contributed by atoms with E-state index in [1.807, 2.05) is 72.8 Å². The van der Waals surface area contributed by atoms with E-state index >= 15 is 0 Å². The summed E-state index contributed by atoms with van der Waals surface area (Å²) in [6.45, 7) is 6.09. The number of hydrogen-bond acceptors (Lipinski definition) is 4. The molecule has 0 aliphatic rings. The number of allylic oxidation sites excluding steroid dienone is 2. The predicted molar refractivity (Wildman–Crippen MR) is 190 cm³/mol. The van der Waals surface area contributed by atoms with Crippen molar-refractivity contribution in [2.24, 2.45) is 0 Å². The Morgan fingerprint density at radius 3 is 1.98 bits per heavy atom. The Balaban J connectivity index is 1.39. The maximum atomic E-state index is 5.05. The molecule has 8 aromatic rings. The third-order valence-corrected chi connectivity index (χ3v) is 9.45. The van der Waals surface area contributed by atoms with Crippen molar-refractivity contribution in [2.45, 2.75) is 6.92 Å². The summed E-state index contributed by atoms with van der Waals surface area (Å²) in [7, 11) is 0. The second-order valence-electron chi connectivity index (χ2n) is 10.9. The van der Waals surface area contributed by atoms with E-state index < -0.39 is 0 Å². The molecule has 0 saturated heterocycles. The number of aromatic nitrogens is 4. The Labute approximate surface area is 265 Å². The largest absolute Gasteiger partial charge is 0.313 e. The molecule has 0 saturated carbocycles. The van der Waals surface area contributed by atoms with Gasteiger partial charge in [-0.2, -0.15) is 0 Å². The first kappa shape index (κ1) is 26.9. The third-order valence-electron chi connectivity index (χ3n) is 8.24. The van der Waals surface area contributed by atoms with Crippen molar-refractivity contribution in [3.63, 3.8) is 0 Å². The lowest BCUT2D eigenvalue weighted by Gasteiger charge is -2.11. The molecule has 0 atom stereocenters. The van der Waals surface area contributed by atoms with Crippen LogP contribution in [0.5, 0.6) is 0 Å². The zero-order valence-corrected chi connectivity index (χ0v) is 25.5. The lowest BCUT2D eigenvalue weighted by atomic mass is 10.1. The van der Waals surface area contributed by atoms with Crippen molar-refractivity contribution < 1.29 is 0 Å². The third kappa shape index (κ3) is 4.57. The summed E-state index contributed by atoms with van der Waals surface area (Å²) in [4.78, 5) is 15.0. The molecule has 5 aromatic carbocycles. The molecule has 0 bridgehead atoms. The van der Waals surface area contributed by atoms with E-state index in [1.165, 1.54) is 37.6 Å². The SMILES string of the molecule is C=C/C=C\c1c(C)n(-c2cccc3sc4c(-c5nc(-c6ccccc6)nc(-c6ccccc6)n5)cccc4c23)c2ccccc12. The zero-order chi connectivity index (χ0) is 30.3. The molecule has 0 aliphatic heterocycles. The average molecular weight is 597 g/mol. The summed E-state index contributed by atoms with van der Waals surface area (Å²) in [5, 5.41) is 3.63. The van der Waals surface area contributed by atoms with Crippen molar-refractivity contribution in [1.29, 1.82) is 0 Å². The number of hydrogen-bond donors (Lipinski definition) is 0. The minimum atomic E-state index is 0.660. The highest BCUT2D eigenvalue weighted by atomic mass is 32.1. The van der Waals surface area contributed by atoms with Gasteiger partial charge in [0.15, 0.2) is 17.5 Å². The van der Waals surface area contributed by atoms with Gasteiger partial charge in [0.25, 0.3) is 0 Å². The van der Waals surface area contributed by atoms with Crippen molar-refractivity contribution in [3.8, 4) is 39.9 Å². The molecule has 0 radical (unpaired) electrons. The van der Waals surface area contributed by atoms with Gasteiger partial charge in [-0.25, -0.2) is 15.0 Å². The van der Waals surface area contributed by atoms with E-state index in [9.17, 15) is 0 Å². The molecule has 214 valence electrons. The first-order valence-corrected chi connectivity index (χ1v) is 15.7. The topological polar surface area (TPSA) is 43.6 Å². The molecular weight excluding hydrogens is 569 g/mol. The molecule has 0 N–H and O–H groups in total. The van der Waals surface area contributed by atoms with Crippen LogP contribution in [-0.2, 0) is 0 Å². The Morgan fingerprint density at radius 1 is 0.644 bits per heavy atom. The molecule has 45 heavy (non-hydrogen) atoms. The minimum absolute atomic E-state index is 0.660. The average Bonchev–Trinajstić information content (AvgIpc) is 3.62. The lowest BCUT2D eigenvalue weighted by molar-refractivity contribution is 1.06. The number of rotatable bonds is 6. The fraction of sp³-hybridized carbons (Fsp3) is 0.0250. The van der Waals surface area contributed by atoms with Gasteiger partial charge in [0.2, 0.25) is 0 Å². The molecule has 4 nitrogen and oxygen atoms in total. The molecule has 0 amide bonds. The Bertz CT molecular complexity index is 2340. The van der Waals surface area contributed by atoms with E-state index in [0.717, 1.165) is 27.1 Å². The number of nitrogens with zero attached hydrogens (tertiary/aromatic N) is 4. The van der Waals surface area contributed by atoms with Gasteiger partial charge in [0.1, 0.15) is 0 Å². The smallest absolute Gasteiger partial charge is 0.165 e. The highest BCUT2D eigenvalue weighted by Crippen LogP contribution is 2.43. The maximum Gasteiger partial charge on any atom is 0.165 e. The van der Waals surface area contributed by atoms with Crippen LogP contribution in [0.3, 0.4) is 0 Å². The van der Waals surface area contributed by atoms with Crippen molar-refractivity contribution in [2.75, 3.05) is 0 Å². The zero-order valence-electron chi connectivity index (χ0n) is 24.7. The van der Waals surface area contributed by atoms with E-state index in [-0.39, 0.29) is 0 Å². The summed E-state index contributed by atoms with van der Waals surface area (Å²) in [5.74, 6) is 1.99. The van der Waals surface area contributed by atoms with Crippen LogP contribution in [-0.4, -0.2) is 19.5 Å². The number of para-hydroxylation sites is 1. The van der Waals surface area contributed by atoms with E-state index in [4.69, 9.17) is 15.0 Å². The molecule has 0 unspecified atom stereocenters. The molecule has 8 rings (SSSR count). The summed E-state index contributed by atoms with van der Waals surface area (Å²) in [5.41, 5.74) is 7.65. The van der Waals surface area contributed by atoms with Crippen molar-refractivity contribution in [3.05, 3.63) is 151 Å². The maximum absolute atomic E-state index is 5.05. The summed E-state index contributed by atoms with van der Waals surface area (Å²) >= 11 is 1.79. The first-order chi connectivity index (χ1) is 22.2. The second kappa shape index (κ2) is 11.1. The van der Waals surface area contributed by atoms with Gasteiger partial charge in [-0.3, -0.25) is 0 Å². The fourth-order valence-electron chi connectivity index (χ4n) is 6.20. The highest BCUT2D eigenvalue weighted by molar-refractivity contribution is 7.26. The van der Waals surface area contributed by atoms with Crippen LogP contribution in [0.1, 0.15) is 11.3 Å². The van der Waals surface area contributed by atoms with Crippen LogP contribution in [0.25, 0.3) is 77.0 Å². The monoisotopic (exact) mass is 596 g/mol. The van der Waals surface area contributed by atoms with Gasteiger partial charge in [0, 0.05) is 53.5 Å². The quantitative estimate of drug-likeness (QED) is 0.179. The molecule has 3 aromatic heterocycles.